The quantitative estimate of drug-likeness (QED) is 0.867. The fourth-order valence-electron chi connectivity index (χ4n) is 2.60. The number of aromatic nitrogens is 4. The largest absolute Gasteiger partial charge is 0.488 e. The van der Waals surface area contributed by atoms with Gasteiger partial charge in [0.05, 0.1) is 12.2 Å². The second kappa shape index (κ2) is 6.74. The topological polar surface area (TPSA) is 87.2 Å². The highest BCUT2D eigenvalue weighted by atomic mass is 16.5. The molecule has 1 aliphatic heterocycles. The van der Waals surface area contributed by atoms with Crippen molar-refractivity contribution in [2.24, 2.45) is 0 Å². The van der Waals surface area contributed by atoms with Crippen LogP contribution >= 0.6 is 0 Å². The number of likely N-dealkylation sites (tertiary alicyclic amines) is 1. The van der Waals surface area contributed by atoms with Crippen LogP contribution < -0.4 is 4.74 Å². The Bertz CT molecular complexity index is 658. The van der Waals surface area contributed by atoms with Crippen molar-refractivity contribution in [3.8, 4) is 5.75 Å². The van der Waals surface area contributed by atoms with E-state index >= 15 is 0 Å². The summed E-state index contributed by atoms with van der Waals surface area (Å²) in [4.78, 5) is 24.2. The number of nitrogens with zero attached hydrogens (tertiary/aromatic N) is 5. The van der Waals surface area contributed by atoms with Gasteiger partial charge in [0.2, 0.25) is 5.82 Å². The molecule has 122 valence electrons. The average Bonchev–Trinajstić information content (AvgIpc) is 3.17. The summed E-state index contributed by atoms with van der Waals surface area (Å²) >= 11 is 0. The molecule has 3 heterocycles. The van der Waals surface area contributed by atoms with Crippen LogP contribution in [0.25, 0.3) is 0 Å². The first-order chi connectivity index (χ1) is 11.1. The van der Waals surface area contributed by atoms with Crippen LogP contribution in [0.15, 0.2) is 24.7 Å². The van der Waals surface area contributed by atoms with Gasteiger partial charge in [-0.25, -0.2) is 4.98 Å². The lowest BCUT2D eigenvalue weighted by Gasteiger charge is -2.16. The molecule has 23 heavy (non-hydrogen) atoms. The lowest BCUT2D eigenvalue weighted by molar-refractivity contribution is 0.0761. The molecule has 3 rings (SSSR count). The first kappa shape index (κ1) is 15.4. The van der Waals surface area contributed by atoms with Crippen molar-refractivity contribution in [3.63, 3.8) is 0 Å². The van der Waals surface area contributed by atoms with Gasteiger partial charge in [0.15, 0.2) is 0 Å². The van der Waals surface area contributed by atoms with Gasteiger partial charge in [-0.3, -0.25) is 14.9 Å². The molecule has 1 N–H and O–H groups in total. The van der Waals surface area contributed by atoms with Gasteiger partial charge in [0.25, 0.3) is 5.91 Å². The van der Waals surface area contributed by atoms with Gasteiger partial charge in [0.1, 0.15) is 18.2 Å². The fraction of sp³-hybridized carbons (Fsp3) is 0.467. The van der Waals surface area contributed by atoms with Crippen LogP contribution in [0.4, 0.5) is 0 Å². The molecule has 0 aliphatic carbocycles. The molecule has 1 atom stereocenters. The van der Waals surface area contributed by atoms with Crippen LogP contribution in [0.1, 0.15) is 22.7 Å². The number of H-pyrrole nitrogens is 1. The molecule has 1 saturated heterocycles. The minimum atomic E-state index is -0.142. The predicted molar refractivity (Wildman–Crippen MR) is 82.9 cm³/mol. The number of aromatic amines is 1. The molecule has 8 heteroatoms. The zero-order valence-corrected chi connectivity index (χ0v) is 13.3. The molecule has 0 radical (unpaired) electrons. The third-order valence-electron chi connectivity index (χ3n) is 3.62. The molecular formula is C15H20N6O2. The maximum atomic E-state index is 12.2. The normalized spacial score (nSPS) is 17.7. The molecule has 2 aromatic rings. The molecule has 8 nitrogen and oxygen atoms in total. The molecule has 1 fully saturated rings. The van der Waals surface area contributed by atoms with E-state index in [4.69, 9.17) is 4.74 Å². The maximum absolute atomic E-state index is 12.2. The third-order valence-corrected chi connectivity index (χ3v) is 3.62. The minimum absolute atomic E-state index is 0.0172. The monoisotopic (exact) mass is 316 g/mol. The van der Waals surface area contributed by atoms with Gasteiger partial charge < -0.3 is 14.5 Å². The lowest BCUT2D eigenvalue weighted by Crippen LogP contribution is -2.31. The van der Waals surface area contributed by atoms with Gasteiger partial charge in [0, 0.05) is 31.8 Å². The molecule has 1 unspecified atom stereocenters. The fourth-order valence-corrected chi connectivity index (χ4v) is 2.60. The molecule has 2 aromatic heterocycles. The standard InChI is InChI=1S/C15H20N6O2/c1-20(2)8-11-7-12(3-5-16-11)23-13-4-6-21(9-13)15(22)14-17-10-18-19-14/h3,5,7,10,13H,4,6,8-9H2,1-2H3,(H,17,18,19). The number of amides is 1. The van der Waals surface area contributed by atoms with Gasteiger partial charge in [-0.1, -0.05) is 0 Å². The van der Waals surface area contributed by atoms with Gasteiger partial charge in [-0.05, 0) is 20.2 Å². The molecule has 1 amide bonds. The van der Waals surface area contributed by atoms with E-state index in [9.17, 15) is 4.79 Å². The van der Waals surface area contributed by atoms with Crippen molar-refractivity contribution < 1.29 is 9.53 Å². The highest BCUT2D eigenvalue weighted by Gasteiger charge is 2.29. The number of carbonyl (C=O) groups is 1. The lowest BCUT2D eigenvalue weighted by atomic mass is 10.3. The Morgan fingerprint density at radius 2 is 2.35 bits per heavy atom. The maximum Gasteiger partial charge on any atom is 0.291 e. The van der Waals surface area contributed by atoms with E-state index < -0.39 is 0 Å². The number of pyridine rings is 1. The highest BCUT2D eigenvalue weighted by Crippen LogP contribution is 2.20. The first-order valence-electron chi connectivity index (χ1n) is 7.53. The van der Waals surface area contributed by atoms with Crippen molar-refractivity contribution in [3.05, 3.63) is 36.2 Å². The molecule has 0 aromatic carbocycles. The Morgan fingerprint density at radius 1 is 1.48 bits per heavy atom. The summed E-state index contributed by atoms with van der Waals surface area (Å²) in [6, 6.07) is 3.79. The summed E-state index contributed by atoms with van der Waals surface area (Å²) in [5.74, 6) is 0.912. The molecule has 0 bridgehead atoms. The Hall–Kier alpha value is -2.48. The van der Waals surface area contributed by atoms with E-state index in [1.807, 2.05) is 26.2 Å². The molecular weight excluding hydrogens is 296 g/mol. The average molecular weight is 316 g/mol. The second-order valence-corrected chi connectivity index (χ2v) is 5.83. The Balaban J connectivity index is 1.59. The van der Waals surface area contributed by atoms with E-state index in [-0.39, 0.29) is 17.8 Å². The van der Waals surface area contributed by atoms with Gasteiger partial charge >= 0.3 is 0 Å². The van der Waals surface area contributed by atoms with E-state index in [1.54, 1.807) is 11.1 Å². The SMILES string of the molecule is CN(C)Cc1cc(OC2CCN(C(=O)c3ncn[nH]3)C2)ccn1. The number of nitrogens with one attached hydrogen (secondary N) is 1. The number of ether oxygens (including phenoxy) is 1. The second-order valence-electron chi connectivity index (χ2n) is 5.83. The van der Waals surface area contributed by atoms with Crippen molar-refractivity contribution >= 4 is 5.91 Å². The van der Waals surface area contributed by atoms with Crippen molar-refractivity contribution in [2.75, 3.05) is 27.2 Å². The van der Waals surface area contributed by atoms with Crippen LogP contribution in [-0.2, 0) is 6.54 Å². The minimum Gasteiger partial charge on any atom is -0.488 e. The number of carbonyl (C=O) groups excluding carboxylic acids is 1. The van der Waals surface area contributed by atoms with E-state index in [0.29, 0.717) is 13.1 Å². The third kappa shape index (κ3) is 3.84. The smallest absolute Gasteiger partial charge is 0.291 e. The molecule has 0 spiro atoms. The van der Waals surface area contributed by atoms with Gasteiger partial charge in [-0.2, -0.15) is 5.10 Å². The highest BCUT2D eigenvalue weighted by molar-refractivity contribution is 5.90. The predicted octanol–water partition coefficient (Wildman–Crippen LogP) is 0.555. The summed E-state index contributed by atoms with van der Waals surface area (Å²) in [5, 5.41) is 6.31. The summed E-state index contributed by atoms with van der Waals surface area (Å²) in [6.07, 6.45) is 3.86. The molecule has 1 aliphatic rings. The van der Waals surface area contributed by atoms with Gasteiger partial charge in [-0.15, -0.1) is 0 Å². The summed E-state index contributed by atoms with van der Waals surface area (Å²) in [7, 11) is 4.00. The van der Waals surface area contributed by atoms with Crippen LogP contribution in [-0.4, -0.2) is 69.2 Å². The van der Waals surface area contributed by atoms with Crippen molar-refractivity contribution in [2.45, 2.75) is 19.1 Å². The summed E-state index contributed by atoms with van der Waals surface area (Å²) in [5.41, 5.74) is 0.958. The zero-order valence-electron chi connectivity index (χ0n) is 13.3. The van der Waals surface area contributed by atoms with E-state index in [2.05, 4.69) is 25.1 Å². The Kier molecular flexibility index (Phi) is 4.52. The van der Waals surface area contributed by atoms with Crippen LogP contribution in [0, 0.1) is 0 Å². The van der Waals surface area contributed by atoms with E-state index in [1.165, 1.54) is 6.33 Å². The van der Waals surface area contributed by atoms with Crippen LogP contribution in [0.3, 0.4) is 0 Å². The first-order valence-corrected chi connectivity index (χ1v) is 7.53. The number of rotatable bonds is 5. The van der Waals surface area contributed by atoms with Crippen LogP contribution in [0.5, 0.6) is 5.75 Å². The van der Waals surface area contributed by atoms with E-state index in [0.717, 1.165) is 24.4 Å². The Labute approximate surface area is 134 Å². The van der Waals surface area contributed by atoms with Crippen molar-refractivity contribution in [1.82, 2.24) is 30.0 Å². The summed E-state index contributed by atoms with van der Waals surface area (Å²) in [6.45, 7) is 1.96. The number of hydrogen-bond acceptors (Lipinski definition) is 6. The summed E-state index contributed by atoms with van der Waals surface area (Å²) < 4.78 is 6.00. The van der Waals surface area contributed by atoms with Crippen molar-refractivity contribution in [1.29, 1.82) is 0 Å². The Morgan fingerprint density at radius 3 is 3.09 bits per heavy atom. The number of hydrogen-bond donors (Lipinski definition) is 1. The zero-order chi connectivity index (χ0) is 16.2. The van der Waals surface area contributed by atoms with Crippen LogP contribution in [0.2, 0.25) is 0 Å². The molecule has 0 saturated carbocycles.